The Morgan fingerprint density at radius 2 is 2.06 bits per heavy atom. The molecule has 0 aliphatic rings. The van der Waals surface area contributed by atoms with Crippen molar-refractivity contribution in [2.24, 2.45) is 5.84 Å². The first kappa shape index (κ1) is 13.2. The van der Waals surface area contributed by atoms with E-state index in [1.54, 1.807) is 13.0 Å². The van der Waals surface area contributed by atoms with Crippen LogP contribution in [-0.4, -0.2) is 0 Å². The summed E-state index contributed by atoms with van der Waals surface area (Å²) < 4.78 is 33.6. The Hall–Kier alpha value is -1.24. The summed E-state index contributed by atoms with van der Waals surface area (Å²) in [6.45, 7) is 1.56. The Balaban J connectivity index is 2.59. The molecule has 6 heteroatoms. The predicted octanol–water partition coefficient (Wildman–Crippen LogP) is 3.18. The summed E-state index contributed by atoms with van der Waals surface area (Å²) >= 11 is 3.24. The van der Waals surface area contributed by atoms with Crippen LogP contribution >= 0.6 is 15.9 Å². The number of halogens is 3. The standard InChI is InChI=1S/C12H11BrF2N2O/c1-6-2-3-8(14)9(10(6)15)11(17-16)12-7(13)4-5-18-12/h2-5,11,17H,16H2,1H3. The lowest BCUT2D eigenvalue weighted by Crippen LogP contribution is -2.30. The number of hydrogen-bond acceptors (Lipinski definition) is 3. The predicted molar refractivity (Wildman–Crippen MR) is 66.7 cm³/mol. The molecule has 1 heterocycles. The third kappa shape index (κ3) is 2.19. The molecule has 1 aromatic carbocycles. The van der Waals surface area contributed by atoms with Crippen molar-refractivity contribution < 1.29 is 13.2 Å². The number of hydrazine groups is 1. The minimum Gasteiger partial charge on any atom is -0.466 e. The lowest BCUT2D eigenvalue weighted by molar-refractivity contribution is 0.424. The molecule has 2 aromatic rings. The molecular weight excluding hydrogens is 306 g/mol. The van der Waals surface area contributed by atoms with Crippen molar-refractivity contribution in [1.82, 2.24) is 5.43 Å². The number of furan rings is 1. The zero-order valence-electron chi connectivity index (χ0n) is 9.51. The van der Waals surface area contributed by atoms with Crippen LogP contribution in [0.2, 0.25) is 0 Å². The number of nitrogens with one attached hydrogen (secondary N) is 1. The van der Waals surface area contributed by atoms with E-state index in [1.807, 2.05) is 0 Å². The van der Waals surface area contributed by atoms with Gasteiger partial charge in [0.15, 0.2) is 0 Å². The van der Waals surface area contributed by atoms with Crippen molar-refractivity contribution in [1.29, 1.82) is 0 Å². The number of rotatable bonds is 3. The van der Waals surface area contributed by atoms with Crippen LogP contribution in [0.5, 0.6) is 0 Å². The Labute approximate surface area is 111 Å². The molecule has 2 rings (SSSR count). The van der Waals surface area contributed by atoms with Crippen LogP contribution < -0.4 is 11.3 Å². The first-order valence-electron chi connectivity index (χ1n) is 5.19. The van der Waals surface area contributed by atoms with Crippen molar-refractivity contribution in [2.75, 3.05) is 0 Å². The Morgan fingerprint density at radius 1 is 1.33 bits per heavy atom. The molecule has 0 spiro atoms. The van der Waals surface area contributed by atoms with Gasteiger partial charge in [-0.1, -0.05) is 6.07 Å². The summed E-state index contributed by atoms with van der Waals surface area (Å²) in [6, 6.07) is 3.31. The average Bonchev–Trinajstić information content (AvgIpc) is 2.76. The van der Waals surface area contributed by atoms with Crippen LogP contribution in [0, 0.1) is 18.6 Å². The molecule has 18 heavy (non-hydrogen) atoms. The molecule has 3 nitrogen and oxygen atoms in total. The molecule has 3 N–H and O–H groups in total. The fourth-order valence-corrected chi connectivity index (χ4v) is 2.17. The van der Waals surface area contributed by atoms with Gasteiger partial charge >= 0.3 is 0 Å². The smallest absolute Gasteiger partial charge is 0.140 e. The van der Waals surface area contributed by atoms with Gasteiger partial charge in [0.1, 0.15) is 23.4 Å². The van der Waals surface area contributed by atoms with E-state index in [0.29, 0.717) is 15.8 Å². The fraction of sp³-hybridized carbons (Fsp3) is 0.167. The molecule has 1 atom stereocenters. The molecule has 0 aliphatic carbocycles. The summed E-state index contributed by atoms with van der Waals surface area (Å²) in [6.07, 6.45) is 1.41. The van der Waals surface area contributed by atoms with Gasteiger partial charge < -0.3 is 4.42 Å². The van der Waals surface area contributed by atoms with E-state index in [-0.39, 0.29) is 5.56 Å². The molecule has 0 bridgehead atoms. The molecular formula is C12H11BrF2N2O. The van der Waals surface area contributed by atoms with Crippen molar-refractivity contribution in [3.8, 4) is 0 Å². The molecule has 0 radical (unpaired) electrons. The van der Waals surface area contributed by atoms with Crippen molar-refractivity contribution in [3.63, 3.8) is 0 Å². The van der Waals surface area contributed by atoms with Crippen LogP contribution in [0.25, 0.3) is 0 Å². The molecule has 0 fully saturated rings. The topological polar surface area (TPSA) is 51.2 Å². The highest BCUT2D eigenvalue weighted by atomic mass is 79.9. The maximum Gasteiger partial charge on any atom is 0.140 e. The highest BCUT2D eigenvalue weighted by molar-refractivity contribution is 9.10. The van der Waals surface area contributed by atoms with E-state index in [4.69, 9.17) is 10.3 Å². The second-order valence-corrected chi connectivity index (χ2v) is 4.68. The number of nitrogens with two attached hydrogens (primary N) is 1. The molecule has 96 valence electrons. The molecule has 0 aliphatic heterocycles. The largest absolute Gasteiger partial charge is 0.466 e. The van der Waals surface area contributed by atoms with Crippen molar-refractivity contribution in [2.45, 2.75) is 13.0 Å². The van der Waals surface area contributed by atoms with Crippen LogP contribution in [0.15, 0.2) is 33.4 Å². The third-order valence-corrected chi connectivity index (χ3v) is 3.34. The van der Waals surface area contributed by atoms with Crippen molar-refractivity contribution in [3.05, 3.63) is 57.5 Å². The zero-order valence-corrected chi connectivity index (χ0v) is 11.1. The van der Waals surface area contributed by atoms with Gasteiger partial charge in [0.05, 0.1) is 10.7 Å². The lowest BCUT2D eigenvalue weighted by Gasteiger charge is -2.17. The van der Waals surface area contributed by atoms with Crippen LogP contribution in [0.3, 0.4) is 0 Å². The quantitative estimate of drug-likeness (QED) is 0.675. The van der Waals surface area contributed by atoms with Gasteiger partial charge in [-0.2, -0.15) is 0 Å². The Kier molecular flexibility index (Phi) is 3.79. The number of aryl methyl sites for hydroxylation is 1. The van der Waals surface area contributed by atoms with Crippen molar-refractivity contribution >= 4 is 15.9 Å². The van der Waals surface area contributed by atoms with Gasteiger partial charge in [-0.3, -0.25) is 5.84 Å². The minimum atomic E-state index is -0.894. The van der Waals surface area contributed by atoms with Gasteiger partial charge in [0, 0.05) is 5.56 Å². The van der Waals surface area contributed by atoms with E-state index < -0.39 is 17.7 Å². The highest BCUT2D eigenvalue weighted by Gasteiger charge is 2.26. The average molecular weight is 317 g/mol. The van der Waals surface area contributed by atoms with E-state index in [2.05, 4.69) is 21.4 Å². The highest BCUT2D eigenvalue weighted by Crippen LogP contribution is 2.32. The molecule has 1 aromatic heterocycles. The first-order valence-corrected chi connectivity index (χ1v) is 5.99. The molecule has 1 unspecified atom stereocenters. The van der Waals surface area contributed by atoms with Crippen LogP contribution in [-0.2, 0) is 0 Å². The monoisotopic (exact) mass is 316 g/mol. The van der Waals surface area contributed by atoms with E-state index >= 15 is 0 Å². The summed E-state index contributed by atoms with van der Waals surface area (Å²) in [7, 11) is 0. The Bertz CT molecular complexity index is 571. The van der Waals surface area contributed by atoms with E-state index in [9.17, 15) is 8.78 Å². The summed E-state index contributed by atoms with van der Waals surface area (Å²) in [5.74, 6) is 4.39. The fourth-order valence-electron chi connectivity index (χ4n) is 1.74. The van der Waals surface area contributed by atoms with Gasteiger partial charge in [-0.25, -0.2) is 14.2 Å². The summed E-state index contributed by atoms with van der Waals surface area (Å²) in [5, 5.41) is 0. The first-order chi connectivity index (χ1) is 8.56. The second-order valence-electron chi connectivity index (χ2n) is 3.82. The second kappa shape index (κ2) is 5.17. The van der Waals surface area contributed by atoms with Crippen LogP contribution in [0.1, 0.15) is 22.9 Å². The van der Waals surface area contributed by atoms with E-state index in [1.165, 1.54) is 18.4 Å². The van der Waals surface area contributed by atoms with Gasteiger partial charge in [-0.05, 0) is 40.5 Å². The molecule has 0 amide bonds. The lowest BCUT2D eigenvalue weighted by atomic mass is 10.0. The minimum absolute atomic E-state index is 0.159. The summed E-state index contributed by atoms with van der Waals surface area (Å²) in [5.41, 5.74) is 2.55. The number of hydrogen-bond donors (Lipinski definition) is 2. The van der Waals surface area contributed by atoms with Gasteiger partial charge in [-0.15, -0.1) is 0 Å². The van der Waals surface area contributed by atoms with Gasteiger partial charge in [0.25, 0.3) is 0 Å². The van der Waals surface area contributed by atoms with E-state index in [0.717, 1.165) is 0 Å². The molecule has 0 saturated carbocycles. The summed E-state index contributed by atoms with van der Waals surface area (Å²) in [4.78, 5) is 0. The maximum absolute atomic E-state index is 14.0. The maximum atomic E-state index is 14.0. The Morgan fingerprint density at radius 3 is 2.61 bits per heavy atom. The SMILES string of the molecule is Cc1ccc(F)c(C(NN)c2occc2Br)c1F. The zero-order chi connectivity index (χ0) is 13.3. The third-order valence-electron chi connectivity index (χ3n) is 2.68. The van der Waals surface area contributed by atoms with Gasteiger partial charge in [0.2, 0.25) is 0 Å². The van der Waals surface area contributed by atoms with Crippen LogP contribution in [0.4, 0.5) is 8.78 Å². The normalized spacial score (nSPS) is 12.7. The number of benzene rings is 1. The molecule has 0 saturated heterocycles.